The van der Waals surface area contributed by atoms with Gasteiger partial charge in [-0.15, -0.1) is 0 Å². The van der Waals surface area contributed by atoms with Gasteiger partial charge in [-0.2, -0.15) is 0 Å². The zero-order chi connectivity index (χ0) is 10.2. The number of aromatic carboxylic acids is 1. The van der Waals surface area contributed by atoms with Crippen LogP contribution in [-0.2, 0) is 0 Å². The van der Waals surface area contributed by atoms with Crippen molar-refractivity contribution in [1.82, 2.24) is 6.15 Å². The van der Waals surface area contributed by atoms with Crippen LogP contribution in [0.4, 0.5) is 13.2 Å². The lowest BCUT2D eigenvalue weighted by atomic mass is 10.2. The molecule has 0 atom stereocenters. The van der Waals surface area contributed by atoms with Crippen molar-refractivity contribution >= 4 is 21.9 Å². The SMILES string of the molecule is O=C([O-])c1cc(F)c(F)c(Br)c1F.[NH4+]. The van der Waals surface area contributed by atoms with Gasteiger partial charge in [0.2, 0.25) is 0 Å². The van der Waals surface area contributed by atoms with Crippen molar-refractivity contribution in [2.24, 2.45) is 0 Å². The second-order valence-corrected chi connectivity index (χ2v) is 2.93. The number of carboxylic acids is 1. The third-order valence-corrected chi connectivity index (χ3v) is 2.02. The van der Waals surface area contributed by atoms with Crippen LogP contribution in [0.5, 0.6) is 0 Å². The molecule has 78 valence electrons. The van der Waals surface area contributed by atoms with Crippen molar-refractivity contribution in [1.29, 1.82) is 0 Å². The Morgan fingerprint density at radius 2 is 1.79 bits per heavy atom. The van der Waals surface area contributed by atoms with Crippen molar-refractivity contribution in [3.05, 3.63) is 33.6 Å². The maximum atomic E-state index is 12.8. The zero-order valence-corrected chi connectivity index (χ0v) is 8.49. The molecule has 0 spiro atoms. The molecular weight excluding hydrogens is 267 g/mol. The topological polar surface area (TPSA) is 76.6 Å². The second kappa shape index (κ2) is 4.43. The fourth-order valence-corrected chi connectivity index (χ4v) is 1.12. The van der Waals surface area contributed by atoms with Gasteiger partial charge in [0.1, 0.15) is 5.82 Å². The van der Waals surface area contributed by atoms with E-state index < -0.39 is 33.5 Å². The van der Waals surface area contributed by atoms with E-state index in [9.17, 15) is 23.1 Å². The quantitative estimate of drug-likeness (QED) is 0.622. The van der Waals surface area contributed by atoms with Gasteiger partial charge in [0.15, 0.2) is 11.6 Å². The summed E-state index contributed by atoms with van der Waals surface area (Å²) in [6.45, 7) is 0. The van der Waals surface area contributed by atoms with E-state index in [1.165, 1.54) is 0 Å². The lowest BCUT2D eigenvalue weighted by Crippen LogP contribution is -2.24. The highest BCUT2D eigenvalue weighted by Gasteiger charge is 2.16. The Balaban J connectivity index is 0.00000169. The smallest absolute Gasteiger partial charge is 0.175 e. The summed E-state index contributed by atoms with van der Waals surface area (Å²) in [5, 5.41) is 10.2. The molecule has 1 aromatic rings. The van der Waals surface area contributed by atoms with Gasteiger partial charge in [0.05, 0.1) is 10.4 Å². The Morgan fingerprint density at radius 1 is 1.29 bits per heavy atom. The van der Waals surface area contributed by atoms with Crippen LogP contribution < -0.4 is 11.3 Å². The molecule has 0 saturated heterocycles. The predicted octanol–water partition coefficient (Wildman–Crippen LogP) is 1.61. The minimum atomic E-state index is -1.91. The molecule has 0 aliphatic carbocycles. The van der Waals surface area contributed by atoms with Crippen molar-refractivity contribution in [3.63, 3.8) is 0 Å². The summed E-state index contributed by atoms with van der Waals surface area (Å²) in [5.74, 6) is -6.22. The number of carboxylic acid groups (broad SMARTS) is 1. The fraction of sp³-hybridized carbons (Fsp3) is 0. The molecule has 0 aliphatic heterocycles. The second-order valence-electron chi connectivity index (χ2n) is 2.14. The van der Waals surface area contributed by atoms with Crippen LogP contribution in [0.25, 0.3) is 0 Å². The summed E-state index contributed by atoms with van der Waals surface area (Å²) in [5.41, 5.74) is -1.02. The molecule has 0 fully saturated rings. The normalized spacial score (nSPS) is 9.43. The minimum Gasteiger partial charge on any atom is -0.545 e. The Morgan fingerprint density at radius 3 is 2.21 bits per heavy atom. The van der Waals surface area contributed by atoms with Crippen molar-refractivity contribution in [2.75, 3.05) is 0 Å². The fourth-order valence-electron chi connectivity index (χ4n) is 0.721. The third kappa shape index (κ3) is 2.05. The van der Waals surface area contributed by atoms with E-state index in [0.29, 0.717) is 0 Å². The molecule has 14 heavy (non-hydrogen) atoms. The van der Waals surface area contributed by atoms with Gasteiger partial charge in [0.25, 0.3) is 0 Å². The number of halogens is 4. The average Bonchev–Trinajstić information content (AvgIpc) is 2.07. The summed E-state index contributed by atoms with van der Waals surface area (Å²) in [6, 6.07) is 0.227. The van der Waals surface area contributed by atoms with E-state index in [-0.39, 0.29) is 12.2 Å². The highest BCUT2D eigenvalue weighted by atomic mass is 79.9. The first-order chi connectivity index (χ1) is 5.95. The molecule has 0 amide bonds. The van der Waals surface area contributed by atoms with E-state index in [2.05, 4.69) is 15.9 Å². The summed E-state index contributed by atoms with van der Waals surface area (Å²) in [6.07, 6.45) is 0. The molecule has 0 saturated carbocycles. The maximum Gasteiger partial charge on any atom is 0.175 e. The highest BCUT2D eigenvalue weighted by molar-refractivity contribution is 9.10. The van der Waals surface area contributed by atoms with E-state index in [0.717, 1.165) is 0 Å². The van der Waals surface area contributed by atoms with Crippen LogP contribution in [0.2, 0.25) is 0 Å². The van der Waals surface area contributed by atoms with Crippen molar-refractivity contribution in [2.45, 2.75) is 0 Å². The van der Waals surface area contributed by atoms with Gasteiger partial charge in [0, 0.05) is 5.56 Å². The van der Waals surface area contributed by atoms with Gasteiger partial charge < -0.3 is 16.1 Å². The molecule has 0 aromatic heterocycles. The largest absolute Gasteiger partial charge is 0.545 e. The van der Waals surface area contributed by atoms with Crippen molar-refractivity contribution < 1.29 is 23.1 Å². The summed E-state index contributed by atoms with van der Waals surface area (Å²) >= 11 is 2.37. The number of benzene rings is 1. The van der Waals surface area contributed by atoms with Gasteiger partial charge in [-0.25, -0.2) is 13.2 Å². The number of quaternary nitrogens is 1. The summed E-state index contributed by atoms with van der Waals surface area (Å²) in [7, 11) is 0. The number of rotatable bonds is 1. The first-order valence-corrected chi connectivity index (χ1v) is 3.78. The molecule has 0 radical (unpaired) electrons. The Kier molecular flexibility index (Phi) is 4.08. The molecule has 1 aromatic carbocycles. The average molecular weight is 272 g/mol. The Hall–Kier alpha value is -1.08. The summed E-state index contributed by atoms with van der Waals surface area (Å²) in [4.78, 5) is 10.2. The summed E-state index contributed by atoms with van der Waals surface area (Å²) < 4.78 is 37.0. The Bertz CT molecular complexity index is 384. The number of carbonyl (C=O) groups excluding carboxylic acids is 1. The van der Waals surface area contributed by atoms with E-state index in [1.807, 2.05) is 0 Å². The number of hydrogen-bond donors (Lipinski definition) is 1. The predicted molar refractivity (Wildman–Crippen MR) is 44.3 cm³/mol. The van der Waals surface area contributed by atoms with E-state index in [1.54, 1.807) is 0 Å². The van der Waals surface area contributed by atoms with Crippen LogP contribution in [0, 0.1) is 17.5 Å². The molecule has 1 rings (SSSR count). The van der Waals surface area contributed by atoms with E-state index >= 15 is 0 Å². The highest BCUT2D eigenvalue weighted by Crippen LogP contribution is 2.24. The zero-order valence-electron chi connectivity index (χ0n) is 6.91. The molecule has 0 bridgehead atoms. The molecular formula is C7H5BrF3NO2. The monoisotopic (exact) mass is 271 g/mol. The van der Waals surface area contributed by atoms with Crippen LogP contribution >= 0.6 is 15.9 Å². The molecule has 0 unspecified atom stereocenters. The Labute approximate surface area is 85.3 Å². The van der Waals surface area contributed by atoms with Crippen LogP contribution in [0.1, 0.15) is 10.4 Å². The van der Waals surface area contributed by atoms with Crippen molar-refractivity contribution in [3.8, 4) is 0 Å². The maximum absolute atomic E-state index is 12.8. The molecule has 0 heterocycles. The third-order valence-electron chi connectivity index (χ3n) is 1.32. The number of hydrogen-bond acceptors (Lipinski definition) is 2. The molecule has 3 nitrogen and oxygen atoms in total. The van der Waals surface area contributed by atoms with Gasteiger partial charge in [-0.3, -0.25) is 0 Å². The molecule has 0 aliphatic rings. The number of carbonyl (C=O) groups is 1. The van der Waals surface area contributed by atoms with Gasteiger partial charge >= 0.3 is 0 Å². The molecule has 4 N–H and O–H groups in total. The minimum absolute atomic E-state index is 0. The van der Waals surface area contributed by atoms with Crippen LogP contribution in [0.15, 0.2) is 10.5 Å². The lowest BCUT2D eigenvalue weighted by molar-refractivity contribution is -0.255. The van der Waals surface area contributed by atoms with Gasteiger partial charge in [-0.1, -0.05) is 0 Å². The van der Waals surface area contributed by atoms with Crippen LogP contribution in [0.3, 0.4) is 0 Å². The lowest BCUT2D eigenvalue weighted by Gasteiger charge is -2.06. The van der Waals surface area contributed by atoms with Gasteiger partial charge in [-0.05, 0) is 22.0 Å². The standard InChI is InChI=1S/C7H2BrF3O2.H3N/c8-4-5(10)2(7(12)13)1-3(9)6(4)11;/h1H,(H,12,13);1H3. The van der Waals surface area contributed by atoms with E-state index in [4.69, 9.17) is 0 Å². The first kappa shape index (κ1) is 12.9. The molecule has 7 heteroatoms. The van der Waals surface area contributed by atoms with Crippen LogP contribution in [-0.4, -0.2) is 5.97 Å². The first-order valence-electron chi connectivity index (χ1n) is 2.99.